The van der Waals surface area contributed by atoms with E-state index < -0.39 is 0 Å². The summed E-state index contributed by atoms with van der Waals surface area (Å²) in [6.45, 7) is 2.38. The summed E-state index contributed by atoms with van der Waals surface area (Å²) >= 11 is 1.84. The lowest BCUT2D eigenvalue weighted by molar-refractivity contribution is 0.140. The Morgan fingerprint density at radius 3 is 2.96 bits per heavy atom. The molecule has 0 spiro atoms. The average molecular weight is 352 g/mol. The minimum atomic E-state index is 0.330. The molecule has 0 aliphatic carbocycles. The molecule has 0 bridgehead atoms. The fraction of sp³-hybridized carbons (Fsp3) is 0.350. The van der Waals surface area contributed by atoms with Crippen LogP contribution < -0.4 is 9.47 Å². The summed E-state index contributed by atoms with van der Waals surface area (Å²) in [5.74, 6) is 1.72. The lowest BCUT2D eigenvalue weighted by atomic mass is 10.0. The molecule has 0 amide bonds. The van der Waals surface area contributed by atoms with E-state index in [2.05, 4.69) is 41.3 Å². The van der Waals surface area contributed by atoms with Gasteiger partial charge in [0.15, 0.2) is 11.5 Å². The normalized spacial score (nSPS) is 20.2. The van der Waals surface area contributed by atoms with E-state index in [0.29, 0.717) is 12.8 Å². The standard InChI is InChI=1S/C20H20N2O2S/c1-2-7-19-15(5-1)21-20(25-19)16-6-3-4-10-22(16)12-14-8-9-17-18(11-14)24-13-23-17/h1-2,5,7-9,11,16H,3-4,6,10,12-13H2/t16-/m0/s1. The molecule has 0 N–H and O–H groups in total. The van der Waals surface area contributed by atoms with Crippen molar-refractivity contribution in [2.45, 2.75) is 31.8 Å². The van der Waals surface area contributed by atoms with Gasteiger partial charge in [-0.15, -0.1) is 11.3 Å². The maximum absolute atomic E-state index is 5.53. The van der Waals surface area contributed by atoms with E-state index in [9.17, 15) is 0 Å². The molecule has 3 heterocycles. The van der Waals surface area contributed by atoms with Crippen molar-refractivity contribution in [3.05, 3.63) is 53.0 Å². The third-order valence-corrected chi connectivity index (χ3v) is 6.17. The van der Waals surface area contributed by atoms with Crippen LogP contribution in [-0.4, -0.2) is 23.2 Å². The largest absolute Gasteiger partial charge is 0.454 e. The van der Waals surface area contributed by atoms with Gasteiger partial charge in [0.2, 0.25) is 6.79 Å². The van der Waals surface area contributed by atoms with Crippen molar-refractivity contribution in [1.82, 2.24) is 9.88 Å². The molecule has 0 saturated carbocycles. The third kappa shape index (κ3) is 2.87. The average Bonchev–Trinajstić information content (AvgIpc) is 3.28. The predicted octanol–water partition coefficient (Wildman–Crippen LogP) is 4.75. The van der Waals surface area contributed by atoms with Crippen LogP contribution in [-0.2, 0) is 6.54 Å². The lowest BCUT2D eigenvalue weighted by Crippen LogP contribution is -2.32. The smallest absolute Gasteiger partial charge is 0.231 e. The van der Waals surface area contributed by atoms with Crippen molar-refractivity contribution in [1.29, 1.82) is 0 Å². The van der Waals surface area contributed by atoms with Crippen LogP contribution in [0.2, 0.25) is 0 Å². The van der Waals surface area contributed by atoms with Crippen molar-refractivity contribution >= 4 is 21.6 Å². The first-order valence-corrected chi connectivity index (χ1v) is 9.66. The molecule has 2 aliphatic rings. The van der Waals surface area contributed by atoms with E-state index in [4.69, 9.17) is 14.5 Å². The SMILES string of the molecule is c1ccc2sc([C@@H]3CCCCN3Cc3ccc4c(c3)OCO4)nc2c1. The Morgan fingerprint density at radius 2 is 2.00 bits per heavy atom. The Balaban J connectivity index is 1.42. The number of hydrogen-bond donors (Lipinski definition) is 0. The number of fused-ring (bicyclic) bond motifs is 2. The molecule has 5 rings (SSSR count). The number of rotatable bonds is 3. The molecule has 1 saturated heterocycles. The van der Waals surface area contributed by atoms with Crippen LogP contribution in [0.1, 0.15) is 35.9 Å². The molecule has 2 aliphatic heterocycles. The zero-order chi connectivity index (χ0) is 16.6. The van der Waals surface area contributed by atoms with Crippen LogP contribution in [0.4, 0.5) is 0 Å². The number of benzene rings is 2. The molecule has 4 nitrogen and oxygen atoms in total. The molecule has 3 aromatic rings. The van der Waals surface area contributed by atoms with E-state index in [-0.39, 0.29) is 0 Å². The molecule has 1 fully saturated rings. The van der Waals surface area contributed by atoms with Gasteiger partial charge in [-0.3, -0.25) is 4.90 Å². The van der Waals surface area contributed by atoms with Crippen molar-refractivity contribution in [3.63, 3.8) is 0 Å². The predicted molar refractivity (Wildman–Crippen MR) is 99.2 cm³/mol. The fourth-order valence-electron chi connectivity index (χ4n) is 3.77. The highest BCUT2D eigenvalue weighted by Gasteiger charge is 2.27. The fourth-order valence-corrected chi connectivity index (χ4v) is 4.90. The second-order valence-corrected chi connectivity index (χ2v) is 7.75. The maximum atomic E-state index is 5.53. The molecule has 128 valence electrons. The Morgan fingerprint density at radius 1 is 1.08 bits per heavy atom. The van der Waals surface area contributed by atoms with Crippen molar-refractivity contribution in [2.75, 3.05) is 13.3 Å². The first-order chi connectivity index (χ1) is 12.4. The van der Waals surface area contributed by atoms with Crippen molar-refractivity contribution in [3.8, 4) is 11.5 Å². The summed E-state index contributed by atoms with van der Waals surface area (Å²) in [5.41, 5.74) is 2.40. The first kappa shape index (κ1) is 15.2. The van der Waals surface area contributed by atoms with Gasteiger partial charge in [-0.25, -0.2) is 4.98 Å². The van der Waals surface area contributed by atoms with Gasteiger partial charge in [-0.1, -0.05) is 24.6 Å². The van der Waals surface area contributed by atoms with Gasteiger partial charge in [-0.05, 0) is 49.2 Å². The Bertz CT molecular complexity index is 875. The van der Waals surface area contributed by atoms with Crippen molar-refractivity contribution in [2.24, 2.45) is 0 Å². The van der Waals surface area contributed by atoms with Gasteiger partial charge in [-0.2, -0.15) is 0 Å². The molecule has 1 atom stereocenters. The molecular formula is C20H20N2O2S. The van der Waals surface area contributed by atoms with Gasteiger partial charge < -0.3 is 9.47 Å². The van der Waals surface area contributed by atoms with Crippen LogP contribution in [0.3, 0.4) is 0 Å². The second kappa shape index (κ2) is 6.32. The first-order valence-electron chi connectivity index (χ1n) is 8.85. The van der Waals surface area contributed by atoms with E-state index in [1.807, 2.05) is 17.4 Å². The maximum Gasteiger partial charge on any atom is 0.231 e. The van der Waals surface area contributed by atoms with Gasteiger partial charge >= 0.3 is 0 Å². The minimum absolute atomic E-state index is 0.330. The topological polar surface area (TPSA) is 34.6 Å². The monoisotopic (exact) mass is 352 g/mol. The quantitative estimate of drug-likeness (QED) is 0.681. The summed E-state index contributed by atoms with van der Waals surface area (Å²) < 4.78 is 12.2. The number of piperidine rings is 1. The second-order valence-electron chi connectivity index (χ2n) is 6.69. The van der Waals surface area contributed by atoms with Crippen LogP contribution in [0.5, 0.6) is 11.5 Å². The van der Waals surface area contributed by atoms with Gasteiger partial charge in [0, 0.05) is 6.54 Å². The molecule has 2 aromatic carbocycles. The highest BCUT2D eigenvalue weighted by atomic mass is 32.1. The van der Waals surface area contributed by atoms with Crippen LogP contribution in [0.15, 0.2) is 42.5 Å². The van der Waals surface area contributed by atoms with Gasteiger partial charge in [0.05, 0.1) is 16.3 Å². The number of ether oxygens (including phenoxy) is 2. The zero-order valence-electron chi connectivity index (χ0n) is 14.0. The highest BCUT2D eigenvalue weighted by Crippen LogP contribution is 2.38. The number of nitrogens with zero attached hydrogens (tertiary/aromatic N) is 2. The third-order valence-electron chi connectivity index (χ3n) is 5.03. The van der Waals surface area contributed by atoms with Crippen molar-refractivity contribution < 1.29 is 9.47 Å². The number of likely N-dealkylation sites (tertiary alicyclic amines) is 1. The molecule has 5 heteroatoms. The zero-order valence-corrected chi connectivity index (χ0v) is 14.8. The molecule has 1 aromatic heterocycles. The summed E-state index contributed by atoms with van der Waals surface area (Å²) in [6, 6.07) is 15.1. The van der Waals surface area contributed by atoms with Crippen LogP contribution in [0.25, 0.3) is 10.2 Å². The summed E-state index contributed by atoms with van der Waals surface area (Å²) in [6.07, 6.45) is 3.72. The summed E-state index contributed by atoms with van der Waals surface area (Å²) in [7, 11) is 0. The summed E-state index contributed by atoms with van der Waals surface area (Å²) in [4.78, 5) is 7.49. The Kier molecular flexibility index (Phi) is 3.83. The highest BCUT2D eigenvalue weighted by molar-refractivity contribution is 7.18. The van der Waals surface area contributed by atoms with E-state index in [1.54, 1.807) is 0 Å². The molecule has 0 unspecified atom stereocenters. The molecular weight excluding hydrogens is 332 g/mol. The van der Waals surface area contributed by atoms with Crippen LogP contribution in [0, 0.1) is 0 Å². The molecule has 0 radical (unpaired) electrons. The van der Waals surface area contributed by atoms with Gasteiger partial charge in [0.25, 0.3) is 0 Å². The van der Waals surface area contributed by atoms with Gasteiger partial charge in [0.1, 0.15) is 5.01 Å². The number of aromatic nitrogens is 1. The van der Waals surface area contributed by atoms with E-state index in [1.165, 1.54) is 34.5 Å². The van der Waals surface area contributed by atoms with Crippen LogP contribution >= 0.6 is 11.3 Å². The van der Waals surface area contributed by atoms with E-state index >= 15 is 0 Å². The Labute approximate surface area is 151 Å². The van der Waals surface area contributed by atoms with E-state index in [0.717, 1.165) is 30.1 Å². The number of hydrogen-bond acceptors (Lipinski definition) is 5. The molecule has 25 heavy (non-hydrogen) atoms. The lowest BCUT2D eigenvalue weighted by Gasteiger charge is -2.34. The Hall–Kier alpha value is -2.11. The number of para-hydroxylation sites is 1. The minimum Gasteiger partial charge on any atom is -0.454 e. The summed E-state index contributed by atoms with van der Waals surface area (Å²) in [5, 5.41) is 1.25. The number of thiazole rings is 1.